The minimum atomic E-state index is 0.425. The van der Waals surface area contributed by atoms with Crippen molar-refractivity contribution >= 4 is 5.96 Å². The van der Waals surface area contributed by atoms with Crippen molar-refractivity contribution in [1.29, 1.82) is 0 Å². The Balaban J connectivity index is 1.92. The van der Waals surface area contributed by atoms with Gasteiger partial charge in [0.25, 0.3) is 0 Å². The average molecular weight is 313 g/mol. The van der Waals surface area contributed by atoms with E-state index >= 15 is 0 Å². The first-order chi connectivity index (χ1) is 11.2. The number of para-hydroxylation sites is 1. The van der Waals surface area contributed by atoms with Crippen LogP contribution in [0.2, 0.25) is 0 Å². The molecule has 0 radical (unpaired) electrons. The summed E-state index contributed by atoms with van der Waals surface area (Å²) in [6, 6.07) is 10.6. The molecule has 1 heterocycles. The van der Waals surface area contributed by atoms with Crippen molar-refractivity contribution in [3.8, 4) is 5.69 Å². The highest BCUT2D eigenvalue weighted by Gasteiger charge is 2.03. The molecule has 0 saturated carbocycles. The van der Waals surface area contributed by atoms with Gasteiger partial charge in [-0.05, 0) is 44.4 Å². The summed E-state index contributed by atoms with van der Waals surface area (Å²) in [5.41, 5.74) is 2.27. The van der Waals surface area contributed by atoms with Gasteiger partial charge in [0.2, 0.25) is 0 Å². The summed E-state index contributed by atoms with van der Waals surface area (Å²) in [5.74, 6) is 0.886. The van der Waals surface area contributed by atoms with Gasteiger partial charge in [0, 0.05) is 25.3 Å². The molecule has 0 aliphatic carbocycles. The molecule has 124 valence electrons. The first kappa shape index (κ1) is 17.1. The Morgan fingerprint density at radius 2 is 2.04 bits per heavy atom. The Kier molecular flexibility index (Phi) is 6.66. The maximum absolute atomic E-state index is 4.64. The van der Waals surface area contributed by atoms with Gasteiger partial charge in [-0.2, -0.15) is 5.10 Å². The van der Waals surface area contributed by atoms with Crippen LogP contribution < -0.4 is 10.6 Å². The number of aliphatic imine (C=N–C) groups is 1. The van der Waals surface area contributed by atoms with E-state index in [1.54, 1.807) is 0 Å². The first-order valence-corrected chi connectivity index (χ1v) is 8.36. The van der Waals surface area contributed by atoms with Crippen LogP contribution in [0.15, 0.2) is 47.7 Å². The Labute approximate surface area is 138 Å². The zero-order chi connectivity index (χ0) is 16.5. The molecule has 1 atom stereocenters. The fourth-order valence-electron chi connectivity index (χ4n) is 2.16. The fourth-order valence-corrected chi connectivity index (χ4v) is 2.16. The van der Waals surface area contributed by atoms with Crippen LogP contribution in [-0.2, 0) is 6.42 Å². The minimum Gasteiger partial charge on any atom is -0.357 e. The molecule has 5 heteroatoms. The maximum Gasteiger partial charge on any atom is 0.191 e. The standard InChI is InChI=1S/C18H27N5/c1-4-15(3)22-18(19-5-2)20-12-11-16-13-21-23(14-16)17-9-7-6-8-10-17/h6-10,13-15H,4-5,11-12H2,1-3H3,(H2,19,20,22). The molecule has 0 spiro atoms. The van der Waals surface area contributed by atoms with Crippen LogP contribution >= 0.6 is 0 Å². The second-order valence-electron chi connectivity index (χ2n) is 5.59. The average Bonchev–Trinajstić information content (AvgIpc) is 3.04. The fraction of sp³-hybridized carbons (Fsp3) is 0.444. The number of benzene rings is 1. The maximum atomic E-state index is 4.64. The van der Waals surface area contributed by atoms with Gasteiger partial charge in [-0.1, -0.05) is 25.1 Å². The molecule has 2 N–H and O–H groups in total. The van der Waals surface area contributed by atoms with Gasteiger partial charge in [-0.3, -0.25) is 4.99 Å². The number of hydrogen-bond donors (Lipinski definition) is 2. The third kappa shape index (κ3) is 5.43. The molecule has 0 aliphatic heterocycles. The lowest BCUT2D eigenvalue weighted by Crippen LogP contribution is -2.42. The smallest absolute Gasteiger partial charge is 0.191 e. The summed E-state index contributed by atoms with van der Waals surface area (Å²) >= 11 is 0. The topological polar surface area (TPSA) is 54.2 Å². The van der Waals surface area contributed by atoms with Crippen molar-refractivity contribution in [3.05, 3.63) is 48.3 Å². The quantitative estimate of drug-likeness (QED) is 0.610. The number of rotatable bonds is 7. The molecule has 23 heavy (non-hydrogen) atoms. The lowest BCUT2D eigenvalue weighted by atomic mass is 10.2. The van der Waals surface area contributed by atoms with Gasteiger partial charge in [-0.25, -0.2) is 4.68 Å². The molecular weight excluding hydrogens is 286 g/mol. The van der Waals surface area contributed by atoms with Crippen molar-refractivity contribution in [2.75, 3.05) is 13.1 Å². The molecule has 2 aromatic rings. The molecule has 1 aromatic heterocycles. The van der Waals surface area contributed by atoms with E-state index in [9.17, 15) is 0 Å². The Morgan fingerprint density at radius 3 is 2.74 bits per heavy atom. The molecule has 1 unspecified atom stereocenters. The van der Waals surface area contributed by atoms with Gasteiger partial charge in [0.05, 0.1) is 11.9 Å². The van der Waals surface area contributed by atoms with Crippen molar-refractivity contribution in [3.63, 3.8) is 0 Å². The molecule has 0 saturated heterocycles. The molecule has 1 aromatic carbocycles. The van der Waals surface area contributed by atoms with E-state index in [4.69, 9.17) is 0 Å². The Morgan fingerprint density at radius 1 is 1.26 bits per heavy atom. The van der Waals surface area contributed by atoms with Crippen molar-refractivity contribution in [2.24, 2.45) is 4.99 Å². The monoisotopic (exact) mass is 313 g/mol. The highest BCUT2D eigenvalue weighted by atomic mass is 15.3. The SMILES string of the molecule is CCNC(=NCCc1cnn(-c2ccccc2)c1)NC(C)CC. The number of aromatic nitrogens is 2. The largest absolute Gasteiger partial charge is 0.357 e. The van der Waals surface area contributed by atoms with E-state index in [2.05, 4.69) is 47.7 Å². The highest BCUT2D eigenvalue weighted by Crippen LogP contribution is 2.08. The molecular formula is C18H27N5. The van der Waals surface area contributed by atoms with Crippen LogP contribution in [0.3, 0.4) is 0 Å². The van der Waals surface area contributed by atoms with Gasteiger partial charge < -0.3 is 10.6 Å². The summed E-state index contributed by atoms with van der Waals surface area (Å²) in [4.78, 5) is 4.64. The Bertz CT molecular complexity index is 603. The molecule has 0 amide bonds. The van der Waals surface area contributed by atoms with Crippen LogP contribution in [0, 0.1) is 0 Å². The van der Waals surface area contributed by atoms with E-state index in [-0.39, 0.29) is 0 Å². The normalized spacial score (nSPS) is 12.9. The van der Waals surface area contributed by atoms with E-state index in [1.165, 1.54) is 5.56 Å². The van der Waals surface area contributed by atoms with Gasteiger partial charge in [0.15, 0.2) is 5.96 Å². The number of hydrogen-bond acceptors (Lipinski definition) is 2. The van der Waals surface area contributed by atoms with E-state index in [0.29, 0.717) is 6.04 Å². The van der Waals surface area contributed by atoms with E-state index in [1.807, 2.05) is 41.2 Å². The second-order valence-corrected chi connectivity index (χ2v) is 5.59. The second kappa shape index (κ2) is 8.98. The number of nitrogens with zero attached hydrogens (tertiary/aromatic N) is 3. The van der Waals surface area contributed by atoms with Crippen LogP contribution in [0.4, 0.5) is 0 Å². The van der Waals surface area contributed by atoms with E-state index in [0.717, 1.165) is 37.6 Å². The van der Waals surface area contributed by atoms with Crippen molar-refractivity contribution < 1.29 is 0 Å². The van der Waals surface area contributed by atoms with Crippen molar-refractivity contribution in [1.82, 2.24) is 20.4 Å². The molecule has 0 bridgehead atoms. The Hall–Kier alpha value is -2.30. The van der Waals surface area contributed by atoms with Crippen LogP contribution in [0.25, 0.3) is 5.69 Å². The van der Waals surface area contributed by atoms with Gasteiger partial charge in [0.1, 0.15) is 0 Å². The van der Waals surface area contributed by atoms with E-state index < -0.39 is 0 Å². The number of nitrogens with one attached hydrogen (secondary N) is 2. The van der Waals surface area contributed by atoms with Gasteiger partial charge >= 0.3 is 0 Å². The molecule has 2 rings (SSSR count). The molecule has 0 fully saturated rings. The van der Waals surface area contributed by atoms with Crippen LogP contribution in [0.5, 0.6) is 0 Å². The summed E-state index contributed by atoms with van der Waals surface area (Å²) in [6.45, 7) is 8.02. The summed E-state index contributed by atoms with van der Waals surface area (Å²) in [7, 11) is 0. The predicted molar refractivity (Wildman–Crippen MR) is 96.1 cm³/mol. The van der Waals surface area contributed by atoms with Gasteiger partial charge in [-0.15, -0.1) is 0 Å². The minimum absolute atomic E-state index is 0.425. The zero-order valence-corrected chi connectivity index (χ0v) is 14.3. The lowest BCUT2D eigenvalue weighted by molar-refractivity contribution is 0.624. The summed E-state index contributed by atoms with van der Waals surface area (Å²) in [6.07, 6.45) is 5.94. The summed E-state index contributed by atoms with van der Waals surface area (Å²) in [5, 5.41) is 11.1. The van der Waals surface area contributed by atoms with Crippen molar-refractivity contribution in [2.45, 2.75) is 39.7 Å². The lowest BCUT2D eigenvalue weighted by Gasteiger charge is -2.16. The molecule has 5 nitrogen and oxygen atoms in total. The third-order valence-electron chi connectivity index (χ3n) is 3.67. The highest BCUT2D eigenvalue weighted by molar-refractivity contribution is 5.80. The van der Waals surface area contributed by atoms with Crippen LogP contribution in [-0.4, -0.2) is 34.9 Å². The van der Waals surface area contributed by atoms with Crippen LogP contribution in [0.1, 0.15) is 32.8 Å². The predicted octanol–water partition coefficient (Wildman–Crippen LogP) is 2.77. The first-order valence-electron chi connectivity index (χ1n) is 8.36. The third-order valence-corrected chi connectivity index (χ3v) is 3.67. The number of guanidine groups is 1. The summed E-state index contributed by atoms with van der Waals surface area (Å²) < 4.78 is 1.90. The molecule has 0 aliphatic rings. The zero-order valence-electron chi connectivity index (χ0n) is 14.3.